The van der Waals surface area contributed by atoms with Crippen molar-refractivity contribution in [3.63, 3.8) is 0 Å². The minimum absolute atomic E-state index is 0.189. The molecule has 10 nitrogen and oxygen atoms in total. The van der Waals surface area contributed by atoms with Gasteiger partial charge in [-0.2, -0.15) is 0 Å². The van der Waals surface area contributed by atoms with Crippen molar-refractivity contribution in [3.8, 4) is 0 Å². The molecule has 0 bridgehead atoms. The molecule has 11 heteroatoms. The van der Waals surface area contributed by atoms with Crippen LogP contribution < -0.4 is 0 Å². The number of aliphatic hydroxyl groups is 2. The molecule has 3 N–H and O–H groups in total. The first-order chi connectivity index (χ1) is 19.7. The van der Waals surface area contributed by atoms with Gasteiger partial charge < -0.3 is 24.6 Å². The first-order valence-electron chi connectivity index (χ1n) is 16.0. The third-order valence-corrected chi connectivity index (χ3v) is 7.71. The van der Waals surface area contributed by atoms with Crippen LogP contribution in [0.4, 0.5) is 0 Å². The number of ether oxygens (including phenoxy) is 2. The highest BCUT2D eigenvalue weighted by molar-refractivity contribution is 7.47. The van der Waals surface area contributed by atoms with Crippen molar-refractivity contribution in [2.75, 3.05) is 26.4 Å². The summed E-state index contributed by atoms with van der Waals surface area (Å²) in [5.41, 5.74) is 0. The highest BCUT2D eigenvalue weighted by Crippen LogP contribution is 2.43. The number of phosphoric acid groups is 1. The van der Waals surface area contributed by atoms with E-state index in [1.165, 1.54) is 64.2 Å². The number of rotatable bonds is 30. The monoisotopic (exact) mass is 610 g/mol. The van der Waals surface area contributed by atoms with Gasteiger partial charge in [0.2, 0.25) is 0 Å². The van der Waals surface area contributed by atoms with Gasteiger partial charge in [0.25, 0.3) is 0 Å². The van der Waals surface area contributed by atoms with Gasteiger partial charge in [0.1, 0.15) is 12.7 Å². The highest BCUT2D eigenvalue weighted by atomic mass is 31.2. The van der Waals surface area contributed by atoms with Crippen molar-refractivity contribution in [2.24, 2.45) is 0 Å². The van der Waals surface area contributed by atoms with Crippen LogP contribution >= 0.6 is 7.82 Å². The molecule has 0 aromatic carbocycles. The Hall–Kier alpha value is -1.03. The lowest BCUT2D eigenvalue weighted by Crippen LogP contribution is -2.29. The molecule has 0 aliphatic rings. The molecule has 0 rings (SSSR count). The second kappa shape index (κ2) is 27.8. The second-order valence-electron chi connectivity index (χ2n) is 10.8. The largest absolute Gasteiger partial charge is 0.472 e. The molecule has 0 aromatic rings. The number of phosphoric ester groups is 1. The van der Waals surface area contributed by atoms with E-state index >= 15 is 0 Å². The van der Waals surface area contributed by atoms with Gasteiger partial charge in [0, 0.05) is 12.8 Å². The van der Waals surface area contributed by atoms with Crippen LogP contribution in [-0.2, 0) is 32.7 Å². The van der Waals surface area contributed by atoms with Crippen molar-refractivity contribution in [1.29, 1.82) is 0 Å². The van der Waals surface area contributed by atoms with Gasteiger partial charge in [-0.05, 0) is 12.8 Å². The maximum Gasteiger partial charge on any atom is 0.472 e. The average molecular weight is 611 g/mol. The Labute approximate surface area is 248 Å². The van der Waals surface area contributed by atoms with E-state index in [-0.39, 0.29) is 19.4 Å². The van der Waals surface area contributed by atoms with Crippen LogP contribution in [0.2, 0.25) is 0 Å². The summed E-state index contributed by atoms with van der Waals surface area (Å²) in [5.74, 6) is -0.927. The fourth-order valence-corrected chi connectivity index (χ4v) is 5.02. The molecule has 0 fully saturated rings. The van der Waals surface area contributed by atoms with Crippen LogP contribution in [-0.4, -0.2) is 65.7 Å². The molecule has 0 aliphatic carbocycles. The normalized spacial score (nSPS) is 14.4. The van der Waals surface area contributed by atoms with Crippen molar-refractivity contribution < 1.29 is 47.8 Å². The molecule has 0 saturated heterocycles. The maximum atomic E-state index is 12.4. The van der Waals surface area contributed by atoms with Gasteiger partial charge in [0.05, 0.1) is 19.8 Å². The summed E-state index contributed by atoms with van der Waals surface area (Å²) in [6.07, 6.45) is 18.1. The molecule has 1 unspecified atom stereocenters. The summed E-state index contributed by atoms with van der Waals surface area (Å²) in [6.45, 7) is 2.30. The highest BCUT2D eigenvalue weighted by Gasteiger charge is 2.27. The second-order valence-corrected chi connectivity index (χ2v) is 12.3. The van der Waals surface area contributed by atoms with E-state index < -0.39 is 51.8 Å². The van der Waals surface area contributed by atoms with E-state index in [1.807, 2.05) is 0 Å². The van der Waals surface area contributed by atoms with Crippen molar-refractivity contribution in [1.82, 2.24) is 0 Å². The first-order valence-corrected chi connectivity index (χ1v) is 17.5. The summed E-state index contributed by atoms with van der Waals surface area (Å²) in [4.78, 5) is 34.4. The Morgan fingerprint density at radius 2 is 1.05 bits per heavy atom. The molecule has 0 saturated carbocycles. The molecule has 0 aromatic heterocycles. The van der Waals surface area contributed by atoms with Crippen molar-refractivity contribution >= 4 is 19.8 Å². The molecule has 0 spiro atoms. The lowest BCUT2D eigenvalue weighted by Gasteiger charge is -2.20. The van der Waals surface area contributed by atoms with Gasteiger partial charge in [-0.1, -0.05) is 117 Å². The fourth-order valence-electron chi connectivity index (χ4n) is 4.23. The summed E-state index contributed by atoms with van der Waals surface area (Å²) in [5, 5.41) is 18.1. The topological polar surface area (TPSA) is 149 Å². The zero-order valence-electron chi connectivity index (χ0n) is 25.8. The number of unbranched alkanes of at least 4 members (excludes halogenated alkanes) is 16. The van der Waals surface area contributed by atoms with Crippen LogP contribution in [0, 0.1) is 0 Å². The summed E-state index contributed by atoms with van der Waals surface area (Å²) in [7, 11) is -4.59. The van der Waals surface area contributed by atoms with E-state index in [9.17, 15) is 24.2 Å². The predicted molar refractivity (Wildman–Crippen MR) is 159 cm³/mol. The minimum Gasteiger partial charge on any atom is -0.462 e. The summed E-state index contributed by atoms with van der Waals surface area (Å²) < 4.78 is 32.3. The Kier molecular flexibility index (Phi) is 27.1. The third kappa shape index (κ3) is 27.5. The zero-order chi connectivity index (χ0) is 30.6. The van der Waals surface area contributed by atoms with E-state index in [2.05, 4.69) is 18.4 Å². The Bertz CT molecular complexity index is 676. The van der Waals surface area contributed by atoms with Crippen molar-refractivity contribution in [2.45, 2.75) is 154 Å². The van der Waals surface area contributed by atoms with Gasteiger partial charge in [-0.25, -0.2) is 4.57 Å². The molecule has 0 heterocycles. The number of carbonyl (C=O) groups excluding carboxylic acids is 2. The van der Waals surface area contributed by atoms with Crippen molar-refractivity contribution in [3.05, 3.63) is 0 Å². The molecule has 244 valence electrons. The van der Waals surface area contributed by atoms with Gasteiger partial charge in [-0.15, -0.1) is 0 Å². The quantitative estimate of drug-likeness (QED) is 0.0452. The average Bonchev–Trinajstić information content (AvgIpc) is 2.95. The Morgan fingerprint density at radius 1 is 0.634 bits per heavy atom. The standard InChI is InChI=1S/C30H59O10P/c1-3-5-7-9-11-13-15-17-19-21-29(33)37-25-28(26-39-41(35,36)38-24-27(32)23-31)40-30(34)22-20-18-16-14-12-10-8-6-4-2/h27-28,31-32H,3-26H2,1-2H3,(H,35,36)/t27-,28+/m0/s1. The van der Waals surface area contributed by atoms with E-state index in [1.54, 1.807) is 0 Å². The van der Waals surface area contributed by atoms with Crippen LogP contribution in [0.5, 0.6) is 0 Å². The van der Waals surface area contributed by atoms with E-state index in [4.69, 9.17) is 19.1 Å². The number of carbonyl (C=O) groups is 2. The molecule has 3 atom stereocenters. The van der Waals surface area contributed by atoms with Gasteiger partial charge in [0.15, 0.2) is 6.10 Å². The number of hydrogen-bond donors (Lipinski definition) is 3. The molecule has 0 radical (unpaired) electrons. The number of hydrogen-bond acceptors (Lipinski definition) is 9. The summed E-state index contributed by atoms with van der Waals surface area (Å²) in [6, 6.07) is 0. The molecular weight excluding hydrogens is 551 g/mol. The van der Waals surface area contributed by atoms with Crippen LogP contribution in [0.1, 0.15) is 142 Å². The van der Waals surface area contributed by atoms with Gasteiger partial charge in [-0.3, -0.25) is 18.6 Å². The third-order valence-electron chi connectivity index (χ3n) is 6.76. The van der Waals surface area contributed by atoms with E-state index in [0.29, 0.717) is 12.8 Å². The fraction of sp³-hybridized carbons (Fsp3) is 0.933. The van der Waals surface area contributed by atoms with Crippen LogP contribution in [0.3, 0.4) is 0 Å². The van der Waals surface area contributed by atoms with Crippen LogP contribution in [0.25, 0.3) is 0 Å². The smallest absolute Gasteiger partial charge is 0.462 e. The lowest BCUT2D eigenvalue weighted by atomic mass is 10.1. The predicted octanol–water partition coefficient (Wildman–Crippen LogP) is 6.77. The van der Waals surface area contributed by atoms with E-state index in [0.717, 1.165) is 38.5 Å². The first kappa shape index (κ1) is 40.0. The number of esters is 2. The lowest BCUT2D eigenvalue weighted by molar-refractivity contribution is -0.161. The SMILES string of the molecule is CCCCCCCCCCCC(=O)OC[C@H](COP(=O)(O)OC[C@@H](O)CO)OC(=O)CCCCCCCCCCC. The Morgan fingerprint density at radius 3 is 1.51 bits per heavy atom. The zero-order valence-corrected chi connectivity index (χ0v) is 26.7. The minimum atomic E-state index is -4.59. The van der Waals surface area contributed by atoms with Crippen LogP contribution in [0.15, 0.2) is 0 Å². The Balaban J connectivity index is 4.46. The maximum absolute atomic E-state index is 12.4. The molecular formula is C30H59O10P. The number of aliphatic hydroxyl groups excluding tert-OH is 2. The molecule has 0 amide bonds. The summed E-state index contributed by atoms with van der Waals surface area (Å²) >= 11 is 0. The molecule has 41 heavy (non-hydrogen) atoms. The molecule has 0 aliphatic heterocycles. The van der Waals surface area contributed by atoms with Gasteiger partial charge >= 0.3 is 19.8 Å².